The van der Waals surface area contributed by atoms with Gasteiger partial charge in [0.1, 0.15) is 16.4 Å². The van der Waals surface area contributed by atoms with Crippen molar-refractivity contribution in [2.45, 2.75) is 55.2 Å². The van der Waals surface area contributed by atoms with Gasteiger partial charge in [0.25, 0.3) is 0 Å². The number of β-amino-alcohol motifs (C(OH)–C–C–N with tert-alkyl or cyclic N) is 1. The maximum atomic E-state index is 10.9. The standard InChI is InChI=1S/C19H22Cl2N4OS.CH4/c1-12-18(27-14-6-4-5-13(20)17(14)21)23-9-16(24-12)25-10-19(26,11-25)15-7-2-3-8-22-15;/h4-6,9,15,22,26H,2-3,7-8,10-11H2,1H3;1H4. The van der Waals surface area contributed by atoms with Crippen LogP contribution in [0.2, 0.25) is 10.0 Å². The first-order valence-electron chi connectivity index (χ1n) is 9.12. The predicted octanol–water partition coefficient (Wildman–Crippen LogP) is 4.57. The van der Waals surface area contributed by atoms with Crippen molar-refractivity contribution in [3.05, 3.63) is 40.1 Å². The van der Waals surface area contributed by atoms with Gasteiger partial charge in [-0.25, -0.2) is 9.97 Å². The van der Waals surface area contributed by atoms with Gasteiger partial charge in [0.05, 0.1) is 35.0 Å². The summed E-state index contributed by atoms with van der Waals surface area (Å²) in [4.78, 5) is 12.2. The van der Waals surface area contributed by atoms with Crippen LogP contribution in [0.5, 0.6) is 0 Å². The Morgan fingerprint density at radius 3 is 2.75 bits per heavy atom. The third-order valence-electron chi connectivity index (χ3n) is 5.22. The summed E-state index contributed by atoms with van der Waals surface area (Å²) in [7, 11) is 0. The molecule has 2 aliphatic rings. The summed E-state index contributed by atoms with van der Waals surface area (Å²) in [5, 5.41) is 16.2. The first kappa shape index (κ1) is 21.7. The first-order valence-corrected chi connectivity index (χ1v) is 10.7. The molecule has 5 nitrogen and oxygen atoms in total. The number of hydrogen-bond acceptors (Lipinski definition) is 6. The van der Waals surface area contributed by atoms with Crippen LogP contribution in [0.25, 0.3) is 0 Å². The lowest BCUT2D eigenvalue weighted by Crippen LogP contribution is -2.71. The van der Waals surface area contributed by atoms with E-state index in [-0.39, 0.29) is 13.5 Å². The second-order valence-corrected chi connectivity index (χ2v) is 9.05. The number of nitrogens with one attached hydrogen (secondary N) is 1. The molecule has 2 aliphatic heterocycles. The van der Waals surface area contributed by atoms with Crippen molar-refractivity contribution in [1.82, 2.24) is 15.3 Å². The molecular weight excluding hydrogens is 415 g/mol. The van der Waals surface area contributed by atoms with Crippen LogP contribution in [0.4, 0.5) is 5.82 Å². The Hall–Kier alpha value is -1.05. The summed E-state index contributed by atoms with van der Waals surface area (Å²) in [5.74, 6) is 0.800. The van der Waals surface area contributed by atoms with Crippen LogP contribution in [0, 0.1) is 6.92 Å². The zero-order valence-corrected chi connectivity index (χ0v) is 17.4. The number of aromatic nitrogens is 2. The molecule has 2 fully saturated rings. The van der Waals surface area contributed by atoms with Crippen molar-refractivity contribution in [2.75, 3.05) is 24.5 Å². The molecule has 0 saturated carbocycles. The molecule has 28 heavy (non-hydrogen) atoms. The van der Waals surface area contributed by atoms with Crippen LogP contribution >= 0.6 is 35.0 Å². The van der Waals surface area contributed by atoms with E-state index in [0.29, 0.717) is 23.1 Å². The average Bonchev–Trinajstić information content (AvgIpc) is 2.65. The van der Waals surface area contributed by atoms with Crippen molar-refractivity contribution in [3.8, 4) is 0 Å². The van der Waals surface area contributed by atoms with E-state index in [1.807, 2.05) is 19.1 Å². The molecule has 3 heterocycles. The van der Waals surface area contributed by atoms with E-state index >= 15 is 0 Å². The highest BCUT2D eigenvalue weighted by Gasteiger charge is 2.48. The van der Waals surface area contributed by atoms with Gasteiger partial charge < -0.3 is 15.3 Å². The zero-order valence-electron chi connectivity index (χ0n) is 15.1. The van der Waals surface area contributed by atoms with Crippen LogP contribution in [-0.2, 0) is 0 Å². The monoisotopic (exact) mass is 440 g/mol. The fourth-order valence-corrected chi connectivity index (χ4v) is 5.01. The van der Waals surface area contributed by atoms with Crippen molar-refractivity contribution in [1.29, 1.82) is 0 Å². The zero-order chi connectivity index (χ0) is 19.0. The molecule has 2 aromatic rings. The third kappa shape index (κ3) is 4.26. The van der Waals surface area contributed by atoms with Crippen molar-refractivity contribution < 1.29 is 5.11 Å². The number of piperidine rings is 1. The van der Waals surface area contributed by atoms with Gasteiger partial charge in [-0.1, -0.05) is 54.9 Å². The number of anilines is 1. The van der Waals surface area contributed by atoms with E-state index in [9.17, 15) is 5.11 Å². The molecule has 2 N–H and O–H groups in total. The summed E-state index contributed by atoms with van der Waals surface area (Å²) in [6.45, 7) is 4.10. The molecule has 0 aliphatic carbocycles. The van der Waals surface area contributed by atoms with Crippen molar-refractivity contribution in [2.24, 2.45) is 0 Å². The molecule has 8 heteroatoms. The van der Waals surface area contributed by atoms with Crippen molar-refractivity contribution >= 4 is 40.8 Å². The van der Waals surface area contributed by atoms with E-state index in [4.69, 9.17) is 23.2 Å². The summed E-state index contributed by atoms with van der Waals surface area (Å²) in [6, 6.07) is 5.73. The Kier molecular flexibility index (Phi) is 6.77. The van der Waals surface area contributed by atoms with Gasteiger partial charge >= 0.3 is 0 Å². The minimum atomic E-state index is -0.669. The molecule has 2 saturated heterocycles. The second kappa shape index (κ2) is 8.76. The van der Waals surface area contributed by atoms with E-state index < -0.39 is 5.60 Å². The smallest absolute Gasteiger partial charge is 0.147 e. The second-order valence-electron chi connectivity index (χ2n) is 7.23. The molecule has 4 rings (SSSR count). The van der Waals surface area contributed by atoms with E-state index in [1.165, 1.54) is 24.6 Å². The number of aryl methyl sites for hydroxylation is 1. The Bertz CT molecular complexity index is 839. The summed E-state index contributed by atoms with van der Waals surface area (Å²) in [6.07, 6.45) is 5.17. The Morgan fingerprint density at radius 2 is 2.07 bits per heavy atom. The van der Waals surface area contributed by atoms with Gasteiger partial charge in [-0.3, -0.25) is 0 Å². The highest BCUT2D eigenvalue weighted by molar-refractivity contribution is 7.99. The van der Waals surface area contributed by atoms with Crippen LogP contribution in [0.3, 0.4) is 0 Å². The largest absolute Gasteiger partial charge is 0.385 e. The van der Waals surface area contributed by atoms with Gasteiger partial charge in [0.15, 0.2) is 0 Å². The lowest BCUT2D eigenvalue weighted by atomic mass is 9.82. The molecule has 1 aromatic carbocycles. The van der Waals surface area contributed by atoms with Gasteiger partial charge in [-0.05, 0) is 38.4 Å². The SMILES string of the molecule is C.Cc1nc(N2CC(O)(C3CCCCN3)C2)cnc1Sc1cccc(Cl)c1Cl. The van der Waals surface area contributed by atoms with Crippen LogP contribution in [0.1, 0.15) is 32.4 Å². The summed E-state index contributed by atoms with van der Waals surface area (Å²) >= 11 is 13.8. The number of aliphatic hydroxyl groups is 1. The van der Waals surface area contributed by atoms with Gasteiger partial charge in [-0.2, -0.15) is 0 Å². The molecule has 0 amide bonds. The topological polar surface area (TPSA) is 61.3 Å². The lowest BCUT2D eigenvalue weighted by molar-refractivity contribution is -0.0313. The van der Waals surface area contributed by atoms with E-state index in [0.717, 1.165) is 34.4 Å². The molecule has 0 bridgehead atoms. The van der Waals surface area contributed by atoms with Crippen LogP contribution in [0.15, 0.2) is 34.3 Å². The molecule has 0 spiro atoms. The van der Waals surface area contributed by atoms with Gasteiger partial charge in [0.2, 0.25) is 0 Å². The molecule has 152 valence electrons. The quantitative estimate of drug-likeness (QED) is 0.725. The lowest BCUT2D eigenvalue weighted by Gasteiger charge is -2.52. The third-order valence-corrected chi connectivity index (χ3v) is 7.31. The molecular formula is C20H26Cl2N4OS. The number of halogens is 2. The highest BCUT2D eigenvalue weighted by Crippen LogP contribution is 2.38. The normalized spacial score (nSPS) is 21.0. The number of benzene rings is 1. The number of rotatable bonds is 4. The number of hydrogen-bond donors (Lipinski definition) is 2. The van der Waals surface area contributed by atoms with E-state index in [2.05, 4.69) is 20.2 Å². The highest BCUT2D eigenvalue weighted by atomic mass is 35.5. The molecule has 1 aromatic heterocycles. The predicted molar refractivity (Wildman–Crippen MR) is 117 cm³/mol. The fraction of sp³-hybridized carbons (Fsp3) is 0.500. The maximum absolute atomic E-state index is 10.9. The van der Waals surface area contributed by atoms with Gasteiger partial charge in [-0.15, -0.1) is 0 Å². The summed E-state index contributed by atoms with van der Waals surface area (Å²) < 4.78 is 0. The Morgan fingerprint density at radius 1 is 1.29 bits per heavy atom. The van der Waals surface area contributed by atoms with Crippen molar-refractivity contribution in [3.63, 3.8) is 0 Å². The number of nitrogens with zero attached hydrogens (tertiary/aromatic N) is 3. The maximum Gasteiger partial charge on any atom is 0.147 e. The summed E-state index contributed by atoms with van der Waals surface area (Å²) in [5.41, 5.74) is 0.164. The minimum Gasteiger partial charge on any atom is -0.385 e. The van der Waals surface area contributed by atoms with E-state index in [1.54, 1.807) is 12.3 Å². The minimum absolute atomic E-state index is 0. The first-order chi connectivity index (χ1) is 13.0. The van der Waals surface area contributed by atoms with Crippen LogP contribution < -0.4 is 10.2 Å². The fourth-order valence-electron chi connectivity index (χ4n) is 3.69. The van der Waals surface area contributed by atoms with Gasteiger partial charge in [0, 0.05) is 10.9 Å². The molecule has 0 radical (unpaired) electrons. The van der Waals surface area contributed by atoms with Crippen LogP contribution in [-0.4, -0.2) is 46.4 Å². The average molecular weight is 441 g/mol. The Labute approximate surface area is 180 Å². The molecule has 1 unspecified atom stereocenters. The Balaban J connectivity index is 0.00000225. The molecule has 1 atom stereocenters.